The van der Waals surface area contributed by atoms with Crippen LogP contribution in [0.5, 0.6) is 0 Å². The Bertz CT molecular complexity index is 1350. The summed E-state index contributed by atoms with van der Waals surface area (Å²) in [5, 5.41) is 18.2. The molecular weight excluding hydrogens is 575 g/mol. The maximum atomic E-state index is 13.7. The molecule has 0 spiro atoms. The molecule has 3 atom stereocenters. The van der Waals surface area contributed by atoms with Gasteiger partial charge in [-0.1, -0.05) is 19.4 Å². The Morgan fingerprint density at radius 2 is 1.93 bits per heavy atom. The third-order valence-corrected chi connectivity index (χ3v) is 9.62. The number of thiazole rings is 1. The van der Waals surface area contributed by atoms with Crippen LogP contribution in [-0.4, -0.2) is 64.7 Å². The number of aromatic nitrogens is 2. The minimum Gasteiger partial charge on any atom is -0.344 e. The molecule has 14 heteroatoms. The molecule has 3 heterocycles. The normalized spacial score (nSPS) is 13.7. The van der Waals surface area contributed by atoms with Crippen LogP contribution in [0, 0.1) is 12.8 Å². The SMILES string of the molecule is CCC[C@@H]([C@@H](Cc1ccc(C)s1)C(=O)N[C@@H](CCCS(=O)(=O)c1ccccn1)C(=O)Nc1nccs1)N(O)C=O. The van der Waals surface area contributed by atoms with E-state index in [1.807, 2.05) is 26.0 Å². The van der Waals surface area contributed by atoms with E-state index in [4.69, 9.17) is 0 Å². The predicted molar refractivity (Wildman–Crippen MR) is 153 cm³/mol. The Hall–Kier alpha value is -3.20. The van der Waals surface area contributed by atoms with Crippen LogP contribution in [0.2, 0.25) is 0 Å². The first-order valence-electron chi connectivity index (χ1n) is 12.8. The van der Waals surface area contributed by atoms with Crippen molar-refractivity contribution < 1.29 is 28.0 Å². The largest absolute Gasteiger partial charge is 0.344 e. The first-order valence-corrected chi connectivity index (χ1v) is 16.1. The molecule has 0 bridgehead atoms. The molecule has 0 saturated heterocycles. The van der Waals surface area contributed by atoms with Crippen molar-refractivity contribution >= 4 is 55.9 Å². The number of thiophene rings is 1. The lowest BCUT2D eigenvalue weighted by atomic mass is 9.90. The van der Waals surface area contributed by atoms with Crippen molar-refractivity contribution in [1.29, 1.82) is 0 Å². The van der Waals surface area contributed by atoms with Crippen molar-refractivity contribution in [3.63, 3.8) is 0 Å². The summed E-state index contributed by atoms with van der Waals surface area (Å²) in [4.78, 5) is 48.3. The molecule has 0 fully saturated rings. The van der Waals surface area contributed by atoms with Crippen molar-refractivity contribution in [2.24, 2.45) is 5.92 Å². The average molecular weight is 608 g/mol. The minimum atomic E-state index is -3.69. The van der Waals surface area contributed by atoms with E-state index in [-0.39, 0.29) is 36.5 Å². The second kappa shape index (κ2) is 15.0. The summed E-state index contributed by atoms with van der Waals surface area (Å²) in [5.41, 5.74) is 0. The lowest BCUT2D eigenvalue weighted by Crippen LogP contribution is -2.51. The number of pyridine rings is 1. The number of aryl methyl sites for hydroxylation is 1. The van der Waals surface area contributed by atoms with Crippen LogP contribution in [0.1, 0.15) is 42.4 Å². The summed E-state index contributed by atoms with van der Waals surface area (Å²) in [6.07, 6.45) is 4.49. The van der Waals surface area contributed by atoms with Crippen molar-refractivity contribution in [1.82, 2.24) is 20.3 Å². The van der Waals surface area contributed by atoms with Gasteiger partial charge in [-0.3, -0.25) is 19.6 Å². The Morgan fingerprint density at radius 3 is 2.52 bits per heavy atom. The topological polar surface area (TPSA) is 159 Å². The first-order chi connectivity index (χ1) is 19.1. The molecule has 0 aliphatic heterocycles. The Labute approximate surface area is 241 Å². The number of nitrogens with one attached hydrogen (secondary N) is 2. The summed E-state index contributed by atoms with van der Waals surface area (Å²) < 4.78 is 25.4. The number of hydrogen-bond acceptors (Lipinski definition) is 10. The molecule has 0 unspecified atom stereocenters. The van der Waals surface area contributed by atoms with Crippen molar-refractivity contribution in [3.8, 4) is 0 Å². The van der Waals surface area contributed by atoms with Gasteiger partial charge < -0.3 is 10.6 Å². The standard InChI is InChI=1S/C26H33N5O6S3/c1-3-7-22(31(35)17-32)20(16-19-11-10-18(2)39-19)24(33)29-21(25(34)30-26-28-13-14-38-26)8-6-15-40(36,37)23-9-4-5-12-27-23/h4-5,9-14,17,20-22,35H,3,6-8,15-16H2,1-2H3,(H,29,33)(H,28,30,34)/t20-,21+,22+/m1/s1. The molecule has 0 aliphatic carbocycles. The summed E-state index contributed by atoms with van der Waals surface area (Å²) in [6.45, 7) is 3.82. The van der Waals surface area contributed by atoms with Gasteiger partial charge in [0.2, 0.25) is 18.2 Å². The summed E-state index contributed by atoms with van der Waals surface area (Å²) in [5.74, 6) is -2.21. The van der Waals surface area contributed by atoms with E-state index < -0.39 is 39.7 Å². The second-order valence-corrected chi connectivity index (χ2v) is 13.5. The highest BCUT2D eigenvalue weighted by molar-refractivity contribution is 7.91. The van der Waals surface area contributed by atoms with Crippen LogP contribution in [-0.2, 0) is 30.6 Å². The Balaban J connectivity index is 1.82. The minimum absolute atomic E-state index is 0.0226. The number of rotatable bonds is 16. The van der Waals surface area contributed by atoms with E-state index in [0.717, 1.165) is 9.75 Å². The summed E-state index contributed by atoms with van der Waals surface area (Å²) >= 11 is 2.71. The number of carbonyl (C=O) groups is 3. The number of amides is 3. The molecule has 216 valence electrons. The van der Waals surface area contributed by atoms with E-state index >= 15 is 0 Å². The number of sulfone groups is 1. The van der Waals surface area contributed by atoms with E-state index in [1.54, 1.807) is 17.5 Å². The van der Waals surface area contributed by atoms with Crippen LogP contribution in [0.3, 0.4) is 0 Å². The highest BCUT2D eigenvalue weighted by atomic mass is 32.2. The van der Waals surface area contributed by atoms with Gasteiger partial charge in [-0.2, -0.15) is 0 Å². The molecule has 3 amide bonds. The molecule has 0 aromatic carbocycles. The smallest absolute Gasteiger partial charge is 0.248 e. The number of carbonyl (C=O) groups excluding carboxylic acids is 3. The third-order valence-electron chi connectivity index (χ3n) is 6.21. The van der Waals surface area contributed by atoms with Crippen LogP contribution in [0.15, 0.2) is 53.1 Å². The van der Waals surface area contributed by atoms with Gasteiger partial charge >= 0.3 is 0 Å². The molecule has 3 rings (SSSR count). The van der Waals surface area contributed by atoms with Gasteiger partial charge in [0.15, 0.2) is 20.0 Å². The summed E-state index contributed by atoms with van der Waals surface area (Å²) in [6, 6.07) is 6.50. The fourth-order valence-electron chi connectivity index (χ4n) is 4.25. The van der Waals surface area contributed by atoms with E-state index in [2.05, 4.69) is 20.6 Å². The van der Waals surface area contributed by atoms with Crippen LogP contribution < -0.4 is 10.6 Å². The highest BCUT2D eigenvalue weighted by Crippen LogP contribution is 2.25. The summed E-state index contributed by atoms with van der Waals surface area (Å²) in [7, 11) is -3.69. The molecule has 11 nitrogen and oxygen atoms in total. The average Bonchev–Trinajstić information content (AvgIpc) is 3.61. The van der Waals surface area contributed by atoms with Gasteiger partial charge in [0.1, 0.15) is 6.04 Å². The quantitative estimate of drug-likeness (QED) is 0.127. The number of nitrogens with zero attached hydrogens (tertiary/aromatic N) is 3. The maximum Gasteiger partial charge on any atom is 0.248 e. The van der Waals surface area contributed by atoms with Gasteiger partial charge in [-0.15, -0.1) is 22.7 Å². The van der Waals surface area contributed by atoms with Gasteiger partial charge in [0.05, 0.1) is 17.7 Å². The number of hydroxylamine groups is 2. The van der Waals surface area contributed by atoms with E-state index in [9.17, 15) is 28.0 Å². The zero-order chi connectivity index (χ0) is 29.1. The van der Waals surface area contributed by atoms with E-state index in [0.29, 0.717) is 23.0 Å². The molecule has 0 aliphatic rings. The zero-order valence-corrected chi connectivity index (χ0v) is 24.7. The predicted octanol–water partition coefficient (Wildman–Crippen LogP) is 3.46. The van der Waals surface area contributed by atoms with Crippen molar-refractivity contribution in [3.05, 3.63) is 57.9 Å². The van der Waals surface area contributed by atoms with Crippen molar-refractivity contribution in [2.45, 2.75) is 63.1 Å². The fraction of sp³-hybridized carbons (Fsp3) is 0.423. The molecule has 40 heavy (non-hydrogen) atoms. The Kier molecular flexibility index (Phi) is 11.7. The molecule has 0 saturated carbocycles. The Morgan fingerprint density at radius 1 is 1.12 bits per heavy atom. The first kappa shape index (κ1) is 31.3. The lowest BCUT2D eigenvalue weighted by molar-refractivity contribution is -0.168. The second-order valence-electron chi connectivity index (χ2n) is 9.18. The molecule has 3 aromatic heterocycles. The van der Waals surface area contributed by atoms with E-state index in [1.165, 1.54) is 41.1 Å². The lowest BCUT2D eigenvalue weighted by Gasteiger charge is -2.31. The molecular formula is C26H33N5O6S3. The monoisotopic (exact) mass is 607 g/mol. The fourth-order valence-corrected chi connectivity index (χ4v) is 6.99. The van der Waals surface area contributed by atoms with Crippen LogP contribution in [0.25, 0.3) is 0 Å². The van der Waals surface area contributed by atoms with Gasteiger partial charge in [0, 0.05) is 27.5 Å². The highest BCUT2D eigenvalue weighted by Gasteiger charge is 2.35. The van der Waals surface area contributed by atoms with Crippen LogP contribution >= 0.6 is 22.7 Å². The number of hydrogen-bond donors (Lipinski definition) is 3. The zero-order valence-electron chi connectivity index (χ0n) is 22.2. The number of anilines is 1. The molecule has 3 N–H and O–H groups in total. The molecule has 3 aromatic rings. The third kappa shape index (κ3) is 8.91. The van der Waals surface area contributed by atoms with Gasteiger partial charge in [0.25, 0.3) is 0 Å². The van der Waals surface area contributed by atoms with Gasteiger partial charge in [-0.25, -0.2) is 23.4 Å². The van der Waals surface area contributed by atoms with Crippen molar-refractivity contribution in [2.75, 3.05) is 11.1 Å². The van der Waals surface area contributed by atoms with Crippen LogP contribution in [0.4, 0.5) is 5.13 Å². The maximum absolute atomic E-state index is 13.7. The molecule has 0 radical (unpaired) electrons. The van der Waals surface area contributed by atoms with Gasteiger partial charge in [-0.05, 0) is 56.9 Å².